The number of halogens is 3. The van der Waals surface area contributed by atoms with Crippen LogP contribution in [0.4, 0.5) is 21.7 Å². The molecule has 0 saturated heterocycles. The van der Waals surface area contributed by atoms with Crippen LogP contribution in [-0.2, 0) is 17.9 Å². The van der Waals surface area contributed by atoms with Gasteiger partial charge in [-0.1, -0.05) is 12.1 Å². The third-order valence-electron chi connectivity index (χ3n) is 6.39. The van der Waals surface area contributed by atoms with Gasteiger partial charge in [0.05, 0.1) is 11.9 Å². The van der Waals surface area contributed by atoms with Gasteiger partial charge in [0.15, 0.2) is 17.2 Å². The number of rotatable bonds is 10. The molecular weight excluding hydrogens is 602 g/mol. The van der Waals surface area contributed by atoms with Crippen molar-refractivity contribution in [2.75, 3.05) is 16.8 Å². The normalized spacial score (nSPS) is 11.4. The van der Waals surface area contributed by atoms with Gasteiger partial charge in [0.2, 0.25) is 5.91 Å². The second kappa shape index (κ2) is 14.7. The second-order valence-corrected chi connectivity index (χ2v) is 10.1. The van der Waals surface area contributed by atoms with Crippen molar-refractivity contribution in [2.24, 2.45) is 0 Å². The molecule has 0 aliphatic rings. The van der Waals surface area contributed by atoms with E-state index >= 15 is 0 Å². The largest absolute Gasteiger partial charge is 0.399 e. The van der Waals surface area contributed by atoms with Crippen LogP contribution in [0.5, 0.6) is 0 Å². The Balaban J connectivity index is 0.00000323. The highest BCUT2D eigenvalue weighted by Crippen LogP contribution is 2.26. The number of amides is 2. The average molecular weight is 638 g/mol. The summed E-state index contributed by atoms with van der Waals surface area (Å²) in [6.07, 6.45) is 2.19. The number of nitrogens with one attached hydrogen (secondary N) is 3. The van der Waals surface area contributed by atoms with E-state index in [0.29, 0.717) is 22.4 Å². The Hall–Kier alpha value is -4.36. The third-order valence-corrected chi connectivity index (χ3v) is 6.39. The molecule has 0 bridgehead atoms. The highest BCUT2D eigenvalue weighted by molar-refractivity contribution is 5.96. The fourth-order valence-electron chi connectivity index (χ4n) is 4.19. The Morgan fingerprint density at radius 1 is 1.09 bits per heavy atom. The summed E-state index contributed by atoms with van der Waals surface area (Å²) in [6.45, 7) is 7.12. The zero-order valence-corrected chi connectivity index (χ0v) is 25.7. The quantitative estimate of drug-likeness (QED) is 0.161. The van der Waals surface area contributed by atoms with E-state index < -0.39 is 17.3 Å². The molecule has 2 aromatic carbocycles. The number of aromatic nitrogens is 3. The van der Waals surface area contributed by atoms with Crippen LogP contribution in [-0.4, -0.2) is 38.6 Å². The molecule has 0 aliphatic heterocycles. The maximum Gasteiger partial charge on any atom is 0.294 e. The van der Waals surface area contributed by atoms with Crippen LogP contribution in [0, 0.1) is 5.82 Å². The molecule has 4 aromatic rings. The Labute approximate surface area is 259 Å². The summed E-state index contributed by atoms with van der Waals surface area (Å²) in [6, 6.07) is 7.33. The summed E-state index contributed by atoms with van der Waals surface area (Å²) in [5, 5.41) is 12.2. The minimum Gasteiger partial charge on any atom is -0.399 e. The van der Waals surface area contributed by atoms with Crippen molar-refractivity contribution >= 4 is 64.9 Å². The average Bonchev–Trinajstić information content (AvgIpc) is 3.30. The predicted molar refractivity (Wildman–Crippen MR) is 169 cm³/mol. The van der Waals surface area contributed by atoms with Crippen LogP contribution in [0.25, 0.3) is 22.2 Å². The Kier molecular flexibility index (Phi) is 11.9. The molecule has 2 heterocycles. The van der Waals surface area contributed by atoms with Crippen LogP contribution in [0.1, 0.15) is 50.0 Å². The molecule has 0 radical (unpaired) electrons. The van der Waals surface area contributed by atoms with Gasteiger partial charge in [-0.2, -0.15) is 0 Å². The van der Waals surface area contributed by atoms with E-state index in [2.05, 4.69) is 26.1 Å². The van der Waals surface area contributed by atoms with Gasteiger partial charge in [-0.15, -0.1) is 24.8 Å². The van der Waals surface area contributed by atoms with E-state index in [1.54, 1.807) is 12.1 Å². The molecule has 2 aromatic heterocycles. The first-order valence-corrected chi connectivity index (χ1v) is 13.1. The van der Waals surface area contributed by atoms with Gasteiger partial charge < -0.3 is 31.9 Å². The van der Waals surface area contributed by atoms with Crippen LogP contribution < -0.4 is 33.0 Å². The Bertz CT molecular complexity index is 1670. The number of fused-ring (bicyclic) bond motifs is 1. The molecular formula is C28H35Cl2FN8O4. The van der Waals surface area contributed by atoms with Crippen LogP contribution in [0.15, 0.2) is 45.8 Å². The molecule has 7 N–H and O–H groups in total. The molecule has 0 unspecified atom stereocenters. The summed E-state index contributed by atoms with van der Waals surface area (Å²) in [5.41, 5.74) is 13.1. The molecule has 0 spiro atoms. The molecule has 43 heavy (non-hydrogen) atoms. The van der Waals surface area contributed by atoms with Gasteiger partial charge in [-0.05, 0) is 63.1 Å². The first-order chi connectivity index (χ1) is 19.5. The number of benzene rings is 2. The summed E-state index contributed by atoms with van der Waals surface area (Å²) in [7, 11) is 0. The minimum atomic E-state index is -0.627. The van der Waals surface area contributed by atoms with Crippen molar-refractivity contribution in [2.45, 2.75) is 59.3 Å². The van der Waals surface area contributed by atoms with E-state index in [1.807, 2.05) is 27.7 Å². The molecule has 0 aliphatic carbocycles. The molecule has 1 atom stereocenters. The molecule has 0 saturated carbocycles. The Morgan fingerprint density at radius 2 is 1.81 bits per heavy atom. The first kappa shape index (κ1) is 34.8. The van der Waals surface area contributed by atoms with E-state index in [1.165, 1.54) is 29.0 Å². The van der Waals surface area contributed by atoms with Gasteiger partial charge in [0, 0.05) is 35.4 Å². The smallest absolute Gasteiger partial charge is 0.294 e. The van der Waals surface area contributed by atoms with Crippen molar-refractivity contribution in [3.05, 3.63) is 63.8 Å². The monoisotopic (exact) mass is 636 g/mol. The molecule has 232 valence electrons. The van der Waals surface area contributed by atoms with Gasteiger partial charge in [-0.3, -0.25) is 19.0 Å². The number of carbonyl (C=O) groups excluding carboxylic acids is 2. The maximum absolute atomic E-state index is 14.5. The van der Waals surface area contributed by atoms with E-state index in [4.69, 9.17) is 16.0 Å². The number of hydrogen-bond acceptors (Lipinski definition) is 9. The number of hydrogen-bond donors (Lipinski definition) is 5. The van der Waals surface area contributed by atoms with Gasteiger partial charge in [0.1, 0.15) is 17.7 Å². The summed E-state index contributed by atoms with van der Waals surface area (Å²) >= 11 is 0. The summed E-state index contributed by atoms with van der Waals surface area (Å²) < 4.78 is 20.8. The zero-order chi connectivity index (χ0) is 29.8. The lowest BCUT2D eigenvalue weighted by Crippen LogP contribution is -2.35. The van der Waals surface area contributed by atoms with Gasteiger partial charge in [-0.25, -0.2) is 9.37 Å². The topological polar surface area (TPSA) is 183 Å². The molecule has 12 nitrogen and oxygen atoms in total. The van der Waals surface area contributed by atoms with Crippen molar-refractivity contribution in [3.63, 3.8) is 0 Å². The lowest BCUT2D eigenvalue weighted by Gasteiger charge is -2.17. The fourth-order valence-corrected chi connectivity index (χ4v) is 4.19. The fraction of sp³-hybridized carbons (Fsp3) is 0.321. The van der Waals surface area contributed by atoms with Crippen molar-refractivity contribution in [1.29, 1.82) is 0 Å². The number of nitrogens with two attached hydrogens (primary N) is 2. The maximum atomic E-state index is 14.5. The standard InChI is InChI=1S/C28H33FN8O4.2ClH/c1-5-15(4)35-27(39)18-8-17(9-19(30)10-18)21-12-33-26(34-14(2)3)28(40)37(21)13-23(38)32-11-16-6-20(29)24-22(7-16)41-36-25(24)31;;/h6-10,12,14-15H,5,11,13,30H2,1-4H3,(H2,31,36)(H,32,38)(H,33,34)(H,35,39);2*1H/t15-;;/m0../s1. The first-order valence-electron chi connectivity index (χ1n) is 13.1. The number of carbonyl (C=O) groups is 2. The van der Waals surface area contributed by atoms with Crippen LogP contribution >= 0.6 is 24.8 Å². The SMILES string of the molecule is CC[C@H](C)NC(=O)c1cc(N)cc(-c2cnc(NC(C)C)c(=O)n2CC(=O)NCc2cc(F)c3c(N)noc3c2)c1.Cl.Cl. The van der Waals surface area contributed by atoms with Gasteiger partial charge in [0.25, 0.3) is 11.5 Å². The number of nitrogen functional groups attached to an aromatic ring is 2. The minimum absolute atomic E-state index is 0. The molecule has 2 amide bonds. The van der Waals surface area contributed by atoms with Crippen LogP contribution in [0.3, 0.4) is 0 Å². The lowest BCUT2D eigenvalue weighted by atomic mass is 10.1. The predicted octanol–water partition coefficient (Wildman–Crippen LogP) is 3.86. The van der Waals surface area contributed by atoms with Crippen molar-refractivity contribution < 1.29 is 18.5 Å². The van der Waals surface area contributed by atoms with Crippen molar-refractivity contribution in [3.8, 4) is 11.3 Å². The molecule has 4 rings (SSSR count). The van der Waals surface area contributed by atoms with E-state index in [-0.39, 0.29) is 84.2 Å². The summed E-state index contributed by atoms with van der Waals surface area (Å²) in [4.78, 5) is 43.6. The highest BCUT2D eigenvalue weighted by Gasteiger charge is 2.19. The van der Waals surface area contributed by atoms with Crippen LogP contribution in [0.2, 0.25) is 0 Å². The van der Waals surface area contributed by atoms with Gasteiger partial charge >= 0.3 is 0 Å². The zero-order valence-electron chi connectivity index (χ0n) is 24.1. The lowest BCUT2D eigenvalue weighted by molar-refractivity contribution is -0.121. The third kappa shape index (κ3) is 8.14. The summed E-state index contributed by atoms with van der Waals surface area (Å²) in [5.74, 6) is -1.47. The Morgan fingerprint density at radius 3 is 2.49 bits per heavy atom. The van der Waals surface area contributed by atoms with Crippen molar-refractivity contribution in [1.82, 2.24) is 25.3 Å². The number of nitrogens with zero attached hydrogens (tertiary/aromatic N) is 3. The second-order valence-electron chi connectivity index (χ2n) is 10.1. The van der Waals surface area contributed by atoms with E-state index in [0.717, 1.165) is 6.42 Å². The molecule has 0 fully saturated rings. The highest BCUT2D eigenvalue weighted by atomic mass is 35.5. The molecule has 15 heteroatoms. The number of anilines is 3. The van der Waals surface area contributed by atoms with E-state index in [9.17, 15) is 18.8 Å².